The Labute approximate surface area is 99.9 Å². The van der Waals surface area contributed by atoms with Gasteiger partial charge in [-0.05, 0) is 17.5 Å². The monoisotopic (exact) mass is 232 g/mol. The van der Waals surface area contributed by atoms with Crippen molar-refractivity contribution in [2.75, 3.05) is 0 Å². The van der Waals surface area contributed by atoms with Gasteiger partial charge in [0.1, 0.15) is 5.82 Å². The molecule has 17 heavy (non-hydrogen) atoms. The summed E-state index contributed by atoms with van der Waals surface area (Å²) in [6.07, 6.45) is 2.60. The second kappa shape index (κ2) is 3.87. The molecule has 0 bridgehead atoms. The van der Waals surface area contributed by atoms with E-state index in [4.69, 9.17) is 5.11 Å². The number of hydrogen-bond acceptors (Lipinski definition) is 2. The number of aromatic carboxylic acids is 1. The highest BCUT2D eigenvalue weighted by Crippen LogP contribution is 2.22. The van der Waals surface area contributed by atoms with Gasteiger partial charge in [-0.1, -0.05) is 26.8 Å². The zero-order chi connectivity index (χ0) is 12.6. The van der Waals surface area contributed by atoms with Crippen molar-refractivity contribution in [1.29, 1.82) is 0 Å². The van der Waals surface area contributed by atoms with Crippen LogP contribution in [0.5, 0.6) is 0 Å². The predicted molar refractivity (Wildman–Crippen MR) is 65.3 cm³/mol. The van der Waals surface area contributed by atoms with E-state index in [1.165, 1.54) is 0 Å². The average Bonchev–Trinajstić information content (AvgIpc) is 2.55. The zero-order valence-corrected chi connectivity index (χ0v) is 10.3. The molecule has 1 N–H and O–H groups in total. The minimum Gasteiger partial charge on any atom is -0.476 e. The van der Waals surface area contributed by atoms with Gasteiger partial charge in [-0.2, -0.15) is 0 Å². The third-order valence-corrected chi connectivity index (χ3v) is 2.51. The first kappa shape index (κ1) is 11.6. The Balaban J connectivity index is 2.61. The summed E-state index contributed by atoms with van der Waals surface area (Å²) < 4.78 is 1.86. The van der Waals surface area contributed by atoms with Crippen LogP contribution < -0.4 is 0 Å². The van der Waals surface area contributed by atoms with Crippen molar-refractivity contribution in [2.45, 2.75) is 27.2 Å². The lowest BCUT2D eigenvalue weighted by molar-refractivity contribution is 0.0693. The Bertz CT molecular complexity index is 564. The number of nitrogens with zero attached hydrogens (tertiary/aromatic N) is 2. The zero-order valence-electron chi connectivity index (χ0n) is 10.3. The van der Waals surface area contributed by atoms with Gasteiger partial charge in [-0.3, -0.25) is 0 Å². The number of hydrogen-bond donors (Lipinski definition) is 1. The van der Waals surface area contributed by atoms with Crippen LogP contribution in [0.4, 0.5) is 0 Å². The standard InChI is InChI=1S/C13H16N2O2/c1-13(2,3)8-10-14-11(12(16)17)9-6-4-5-7-15(9)10/h4-7H,8H2,1-3H3,(H,16,17). The molecule has 0 amide bonds. The highest BCUT2D eigenvalue weighted by Gasteiger charge is 2.20. The van der Waals surface area contributed by atoms with E-state index in [0.29, 0.717) is 5.52 Å². The lowest BCUT2D eigenvalue weighted by Gasteiger charge is -2.16. The molecule has 0 unspecified atom stereocenters. The molecule has 0 saturated carbocycles. The Morgan fingerprint density at radius 2 is 2.12 bits per heavy atom. The molecule has 2 aromatic rings. The quantitative estimate of drug-likeness (QED) is 0.866. The lowest BCUT2D eigenvalue weighted by atomic mass is 9.92. The fourth-order valence-electron chi connectivity index (χ4n) is 1.86. The fourth-order valence-corrected chi connectivity index (χ4v) is 1.86. The number of imidazole rings is 1. The SMILES string of the molecule is CC(C)(C)Cc1nc(C(=O)O)c2ccccn12. The van der Waals surface area contributed by atoms with E-state index in [-0.39, 0.29) is 11.1 Å². The van der Waals surface area contributed by atoms with Crippen molar-refractivity contribution in [3.63, 3.8) is 0 Å². The molecule has 0 aliphatic carbocycles. The van der Waals surface area contributed by atoms with E-state index in [1.807, 2.05) is 22.7 Å². The van der Waals surface area contributed by atoms with E-state index in [0.717, 1.165) is 12.2 Å². The number of rotatable bonds is 2. The summed E-state index contributed by atoms with van der Waals surface area (Å²) in [6, 6.07) is 5.49. The van der Waals surface area contributed by atoms with Gasteiger partial charge in [-0.15, -0.1) is 0 Å². The van der Waals surface area contributed by atoms with Crippen LogP contribution in [0.3, 0.4) is 0 Å². The van der Waals surface area contributed by atoms with Gasteiger partial charge < -0.3 is 9.51 Å². The molecule has 2 aromatic heterocycles. The highest BCUT2D eigenvalue weighted by atomic mass is 16.4. The minimum absolute atomic E-state index is 0.0763. The van der Waals surface area contributed by atoms with Crippen LogP contribution in [-0.2, 0) is 6.42 Å². The molecule has 4 heteroatoms. The van der Waals surface area contributed by atoms with Crippen LogP contribution >= 0.6 is 0 Å². The van der Waals surface area contributed by atoms with E-state index >= 15 is 0 Å². The molecule has 4 nitrogen and oxygen atoms in total. The minimum atomic E-state index is -0.978. The number of fused-ring (bicyclic) bond motifs is 1. The van der Waals surface area contributed by atoms with Crippen LogP contribution in [0.2, 0.25) is 0 Å². The van der Waals surface area contributed by atoms with Crippen molar-refractivity contribution in [3.05, 3.63) is 35.9 Å². The van der Waals surface area contributed by atoms with Gasteiger partial charge in [0.25, 0.3) is 0 Å². The van der Waals surface area contributed by atoms with Crippen LogP contribution in [-0.4, -0.2) is 20.5 Å². The van der Waals surface area contributed by atoms with Crippen LogP contribution in [0, 0.1) is 5.41 Å². The van der Waals surface area contributed by atoms with Crippen molar-refractivity contribution in [3.8, 4) is 0 Å². The summed E-state index contributed by atoms with van der Waals surface area (Å²) in [5.74, 6) is -0.181. The maximum atomic E-state index is 11.1. The van der Waals surface area contributed by atoms with Crippen molar-refractivity contribution < 1.29 is 9.90 Å². The Hall–Kier alpha value is -1.84. The van der Waals surface area contributed by atoms with Gasteiger partial charge >= 0.3 is 5.97 Å². The average molecular weight is 232 g/mol. The van der Waals surface area contributed by atoms with Gasteiger partial charge in [0, 0.05) is 12.6 Å². The van der Waals surface area contributed by atoms with Gasteiger partial charge in [-0.25, -0.2) is 9.78 Å². The summed E-state index contributed by atoms with van der Waals surface area (Å²) in [6.45, 7) is 6.33. The van der Waals surface area contributed by atoms with Crippen LogP contribution in [0.15, 0.2) is 24.4 Å². The third-order valence-electron chi connectivity index (χ3n) is 2.51. The highest BCUT2D eigenvalue weighted by molar-refractivity contribution is 5.93. The molecule has 90 valence electrons. The molecule has 0 aliphatic heterocycles. The molecule has 0 radical (unpaired) electrons. The molecular weight excluding hydrogens is 216 g/mol. The first-order chi connectivity index (χ1) is 7.88. The number of pyridine rings is 1. The topological polar surface area (TPSA) is 54.6 Å². The van der Waals surface area contributed by atoms with Gasteiger partial charge in [0.05, 0.1) is 5.52 Å². The molecule has 0 atom stereocenters. The van der Waals surface area contributed by atoms with E-state index in [1.54, 1.807) is 6.07 Å². The Morgan fingerprint density at radius 1 is 1.41 bits per heavy atom. The van der Waals surface area contributed by atoms with E-state index in [9.17, 15) is 4.79 Å². The van der Waals surface area contributed by atoms with Crippen LogP contribution in [0.25, 0.3) is 5.52 Å². The van der Waals surface area contributed by atoms with E-state index in [2.05, 4.69) is 25.8 Å². The Morgan fingerprint density at radius 3 is 2.71 bits per heavy atom. The molecule has 0 aliphatic rings. The number of aromatic nitrogens is 2. The maximum absolute atomic E-state index is 11.1. The van der Waals surface area contributed by atoms with Crippen molar-refractivity contribution >= 4 is 11.5 Å². The summed E-state index contributed by atoms with van der Waals surface area (Å²) in [5.41, 5.74) is 0.858. The summed E-state index contributed by atoms with van der Waals surface area (Å²) in [7, 11) is 0. The first-order valence-electron chi connectivity index (χ1n) is 5.58. The largest absolute Gasteiger partial charge is 0.476 e. The molecular formula is C13H16N2O2. The third kappa shape index (κ3) is 2.30. The first-order valence-corrected chi connectivity index (χ1v) is 5.58. The van der Waals surface area contributed by atoms with Gasteiger partial charge in [0.2, 0.25) is 0 Å². The molecule has 0 aromatic carbocycles. The maximum Gasteiger partial charge on any atom is 0.356 e. The van der Waals surface area contributed by atoms with E-state index < -0.39 is 5.97 Å². The molecule has 0 spiro atoms. The fraction of sp³-hybridized carbons (Fsp3) is 0.385. The molecule has 2 heterocycles. The Kier molecular flexibility index (Phi) is 2.65. The van der Waals surface area contributed by atoms with Gasteiger partial charge in [0.15, 0.2) is 5.69 Å². The lowest BCUT2D eigenvalue weighted by Crippen LogP contribution is -2.12. The number of carbonyl (C=O) groups is 1. The summed E-state index contributed by atoms with van der Waals surface area (Å²) in [4.78, 5) is 15.4. The van der Waals surface area contributed by atoms with Crippen molar-refractivity contribution in [1.82, 2.24) is 9.38 Å². The second-order valence-corrected chi connectivity index (χ2v) is 5.38. The molecule has 0 fully saturated rings. The summed E-state index contributed by atoms with van der Waals surface area (Å²) in [5, 5.41) is 9.12. The summed E-state index contributed by atoms with van der Waals surface area (Å²) >= 11 is 0. The van der Waals surface area contributed by atoms with Crippen molar-refractivity contribution in [2.24, 2.45) is 5.41 Å². The number of carboxylic acid groups (broad SMARTS) is 1. The number of carboxylic acids is 1. The molecule has 0 saturated heterocycles. The predicted octanol–water partition coefficient (Wildman–Crippen LogP) is 2.62. The van der Waals surface area contributed by atoms with Crippen LogP contribution in [0.1, 0.15) is 37.1 Å². The normalized spacial score (nSPS) is 11.9. The second-order valence-electron chi connectivity index (χ2n) is 5.38. The molecule has 2 rings (SSSR count). The smallest absolute Gasteiger partial charge is 0.356 e.